The molecule has 0 aromatic heterocycles. The van der Waals surface area contributed by atoms with Crippen LogP contribution in [0.5, 0.6) is 11.5 Å². The van der Waals surface area contributed by atoms with Gasteiger partial charge in [0.05, 0.1) is 0 Å². The Balaban J connectivity index is 1.52. The second-order valence-corrected chi connectivity index (χ2v) is 8.55. The van der Waals surface area contributed by atoms with Crippen LogP contribution >= 0.6 is 0 Å². The van der Waals surface area contributed by atoms with Crippen molar-refractivity contribution in [1.29, 1.82) is 0 Å². The van der Waals surface area contributed by atoms with E-state index in [4.69, 9.17) is 0 Å². The average Bonchev–Trinajstić information content (AvgIpc) is 2.72. The van der Waals surface area contributed by atoms with Gasteiger partial charge < -0.3 is 10.2 Å². The fraction of sp³-hybridized carbons (Fsp3) is 0.538. The van der Waals surface area contributed by atoms with Crippen molar-refractivity contribution in [1.82, 2.24) is 0 Å². The zero-order chi connectivity index (χ0) is 19.8. The summed E-state index contributed by atoms with van der Waals surface area (Å²) in [6, 6.07) is 14.1. The lowest BCUT2D eigenvalue weighted by molar-refractivity contribution is 0.395. The quantitative estimate of drug-likeness (QED) is 0.444. The van der Waals surface area contributed by atoms with Gasteiger partial charge in [-0.2, -0.15) is 0 Å². The number of hydrogen-bond acceptors (Lipinski definition) is 2. The van der Waals surface area contributed by atoms with E-state index in [-0.39, 0.29) is 0 Å². The summed E-state index contributed by atoms with van der Waals surface area (Å²) in [4.78, 5) is 0. The van der Waals surface area contributed by atoms with E-state index >= 15 is 0 Å². The number of hydrogen-bond donors (Lipinski definition) is 2. The molecule has 0 amide bonds. The lowest BCUT2D eigenvalue weighted by atomic mass is 9.76. The minimum Gasteiger partial charge on any atom is -0.508 e. The van der Waals surface area contributed by atoms with Gasteiger partial charge in [-0.25, -0.2) is 0 Å². The average molecular weight is 381 g/mol. The highest BCUT2D eigenvalue weighted by atomic mass is 16.3. The van der Waals surface area contributed by atoms with Gasteiger partial charge in [0.2, 0.25) is 0 Å². The zero-order valence-electron chi connectivity index (χ0n) is 17.4. The van der Waals surface area contributed by atoms with Crippen molar-refractivity contribution in [2.24, 2.45) is 0 Å². The van der Waals surface area contributed by atoms with Crippen molar-refractivity contribution in [2.75, 3.05) is 0 Å². The first-order valence-electron chi connectivity index (χ1n) is 11.3. The van der Waals surface area contributed by atoms with E-state index in [1.807, 2.05) is 6.07 Å². The molecule has 28 heavy (non-hydrogen) atoms. The van der Waals surface area contributed by atoms with Crippen molar-refractivity contribution in [3.63, 3.8) is 0 Å². The molecule has 2 aromatic rings. The second kappa shape index (κ2) is 10.5. The summed E-state index contributed by atoms with van der Waals surface area (Å²) in [5.74, 6) is 2.03. The molecule has 1 aliphatic carbocycles. The molecule has 0 atom stereocenters. The van der Waals surface area contributed by atoms with Crippen molar-refractivity contribution in [3.05, 3.63) is 59.2 Å². The Kier molecular flexibility index (Phi) is 7.82. The van der Waals surface area contributed by atoms with Gasteiger partial charge in [-0.3, -0.25) is 0 Å². The van der Waals surface area contributed by atoms with E-state index in [1.54, 1.807) is 12.1 Å². The maximum atomic E-state index is 10.3. The first-order chi connectivity index (χ1) is 13.7. The molecule has 152 valence electrons. The summed E-state index contributed by atoms with van der Waals surface area (Å²) >= 11 is 0. The Hall–Kier alpha value is -1.96. The molecule has 2 N–H and O–H groups in total. The monoisotopic (exact) mass is 380 g/mol. The van der Waals surface area contributed by atoms with Crippen molar-refractivity contribution >= 4 is 0 Å². The number of aryl methyl sites for hydroxylation is 1. The van der Waals surface area contributed by atoms with E-state index in [0.29, 0.717) is 23.3 Å². The fourth-order valence-electron chi connectivity index (χ4n) is 4.66. The molecule has 2 heteroatoms. The Morgan fingerprint density at radius 1 is 0.714 bits per heavy atom. The van der Waals surface area contributed by atoms with Gasteiger partial charge in [0.25, 0.3) is 0 Å². The molecule has 0 unspecified atom stereocenters. The van der Waals surface area contributed by atoms with Crippen LogP contribution in [0, 0.1) is 0 Å². The topological polar surface area (TPSA) is 40.5 Å². The van der Waals surface area contributed by atoms with Crippen LogP contribution < -0.4 is 0 Å². The lowest BCUT2D eigenvalue weighted by Gasteiger charge is -2.29. The maximum Gasteiger partial charge on any atom is 0.118 e. The molecule has 1 fully saturated rings. The smallest absolute Gasteiger partial charge is 0.118 e. The second-order valence-electron chi connectivity index (χ2n) is 8.55. The standard InChI is InChI=1S/C26H36O2/c1-2-3-4-5-6-7-8-24-19-23(15-18-26(24)28)22-11-9-20(10-12-22)21-13-16-25(27)17-14-21/h13-20,22,27-28H,2-12H2,1H3. The highest BCUT2D eigenvalue weighted by Gasteiger charge is 2.24. The molecular formula is C26H36O2. The third kappa shape index (κ3) is 5.77. The molecule has 0 aliphatic heterocycles. The van der Waals surface area contributed by atoms with E-state index in [0.717, 1.165) is 12.0 Å². The van der Waals surface area contributed by atoms with Gasteiger partial charge in [-0.15, -0.1) is 0 Å². The normalized spacial score (nSPS) is 19.6. The van der Waals surface area contributed by atoms with Crippen LogP contribution in [-0.4, -0.2) is 10.2 Å². The molecule has 2 nitrogen and oxygen atoms in total. The molecule has 1 saturated carbocycles. The summed E-state index contributed by atoms with van der Waals surface area (Å²) < 4.78 is 0. The Morgan fingerprint density at radius 3 is 1.96 bits per heavy atom. The van der Waals surface area contributed by atoms with Crippen LogP contribution in [0.25, 0.3) is 0 Å². The molecular weight excluding hydrogens is 344 g/mol. The van der Waals surface area contributed by atoms with Crippen molar-refractivity contribution in [3.8, 4) is 11.5 Å². The molecule has 0 spiro atoms. The van der Waals surface area contributed by atoms with Crippen molar-refractivity contribution in [2.45, 2.75) is 89.4 Å². The van der Waals surface area contributed by atoms with E-state index in [9.17, 15) is 10.2 Å². The minimum atomic E-state index is 0.347. The van der Waals surface area contributed by atoms with Crippen LogP contribution in [0.15, 0.2) is 42.5 Å². The summed E-state index contributed by atoms with van der Waals surface area (Å²) in [5.41, 5.74) is 3.89. The minimum absolute atomic E-state index is 0.347. The summed E-state index contributed by atoms with van der Waals surface area (Å²) in [7, 11) is 0. The van der Waals surface area contributed by atoms with Gasteiger partial charge in [-0.1, -0.05) is 63.3 Å². The van der Waals surface area contributed by atoms with Crippen LogP contribution in [-0.2, 0) is 6.42 Å². The highest BCUT2D eigenvalue weighted by Crippen LogP contribution is 2.41. The van der Waals surface area contributed by atoms with E-state index in [1.165, 1.54) is 75.3 Å². The van der Waals surface area contributed by atoms with Crippen LogP contribution in [0.3, 0.4) is 0 Å². The Bertz CT molecular complexity index is 712. The van der Waals surface area contributed by atoms with Crippen molar-refractivity contribution < 1.29 is 10.2 Å². The molecule has 2 aromatic carbocycles. The third-order valence-corrected chi connectivity index (χ3v) is 6.47. The van der Waals surface area contributed by atoms with E-state index < -0.39 is 0 Å². The first-order valence-corrected chi connectivity index (χ1v) is 11.3. The molecule has 0 heterocycles. The van der Waals surface area contributed by atoms with Crippen LogP contribution in [0.2, 0.25) is 0 Å². The number of aromatic hydroxyl groups is 2. The fourth-order valence-corrected chi connectivity index (χ4v) is 4.66. The molecule has 0 bridgehead atoms. The Labute approximate surface area is 170 Å². The van der Waals surface area contributed by atoms with Gasteiger partial charge in [-0.05, 0) is 85.3 Å². The summed E-state index contributed by atoms with van der Waals surface area (Å²) in [6.07, 6.45) is 13.5. The van der Waals surface area contributed by atoms with Gasteiger partial charge in [0.15, 0.2) is 0 Å². The van der Waals surface area contributed by atoms with Crippen LogP contribution in [0.4, 0.5) is 0 Å². The first kappa shape index (κ1) is 20.8. The molecule has 1 aliphatic rings. The number of benzene rings is 2. The van der Waals surface area contributed by atoms with Gasteiger partial charge >= 0.3 is 0 Å². The third-order valence-electron chi connectivity index (χ3n) is 6.47. The largest absolute Gasteiger partial charge is 0.508 e. The molecule has 0 radical (unpaired) electrons. The van der Waals surface area contributed by atoms with Gasteiger partial charge in [0.1, 0.15) is 11.5 Å². The maximum absolute atomic E-state index is 10.3. The van der Waals surface area contributed by atoms with E-state index in [2.05, 4.69) is 31.2 Å². The van der Waals surface area contributed by atoms with Crippen LogP contribution in [0.1, 0.15) is 99.7 Å². The zero-order valence-corrected chi connectivity index (χ0v) is 17.4. The molecule has 0 saturated heterocycles. The number of unbranched alkanes of at least 4 members (excludes halogenated alkanes) is 5. The number of phenolic OH excluding ortho intramolecular Hbond substituents is 2. The summed E-state index contributed by atoms with van der Waals surface area (Å²) in [6.45, 7) is 2.25. The predicted molar refractivity (Wildman–Crippen MR) is 117 cm³/mol. The molecule has 3 rings (SSSR count). The highest BCUT2D eigenvalue weighted by molar-refractivity contribution is 5.38. The number of rotatable bonds is 9. The number of phenols is 2. The Morgan fingerprint density at radius 2 is 1.29 bits per heavy atom. The lowest BCUT2D eigenvalue weighted by Crippen LogP contribution is -2.12. The van der Waals surface area contributed by atoms with Gasteiger partial charge in [0, 0.05) is 0 Å². The predicted octanol–water partition coefficient (Wildman–Crippen LogP) is 7.44. The SMILES string of the molecule is CCCCCCCCc1cc(C2CCC(c3ccc(O)cc3)CC2)ccc1O. The summed E-state index contributed by atoms with van der Waals surface area (Å²) in [5, 5.41) is 19.8.